The molecule has 0 unspecified atom stereocenters. The molecule has 6 nitrogen and oxygen atoms in total. The predicted octanol–water partition coefficient (Wildman–Crippen LogP) is 1.40. The highest BCUT2D eigenvalue weighted by molar-refractivity contribution is 7.89. The summed E-state index contributed by atoms with van der Waals surface area (Å²) in [5.41, 5.74) is 0. The zero-order valence-corrected chi connectivity index (χ0v) is 15.5. The number of hydrogen-bond acceptors (Lipinski definition) is 4. The molecule has 2 saturated heterocycles. The number of piperazine rings is 1. The molecule has 1 aromatic carbocycles. The van der Waals surface area contributed by atoms with Crippen LogP contribution in [0.15, 0.2) is 35.2 Å². The fourth-order valence-electron chi connectivity index (χ4n) is 3.50. The molecule has 0 bridgehead atoms. The number of benzene rings is 1. The summed E-state index contributed by atoms with van der Waals surface area (Å²) in [7, 11) is -3.46. The van der Waals surface area contributed by atoms with Gasteiger partial charge in [-0.15, -0.1) is 0 Å². The second-order valence-corrected chi connectivity index (χ2v) is 8.73. The van der Waals surface area contributed by atoms with E-state index < -0.39 is 10.0 Å². The minimum atomic E-state index is -3.46. The first-order chi connectivity index (χ1) is 12.1. The lowest BCUT2D eigenvalue weighted by Gasteiger charge is -2.35. The van der Waals surface area contributed by atoms with Gasteiger partial charge in [0.25, 0.3) is 0 Å². The van der Waals surface area contributed by atoms with Crippen molar-refractivity contribution in [1.82, 2.24) is 14.1 Å². The maximum atomic E-state index is 12.6. The molecule has 3 rings (SSSR count). The van der Waals surface area contributed by atoms with E-state index >= 15 is 0 Å². The Kier molecular flexibility index (Phi) is 6.09. The molecule has 0 saturated carbocycles. The van der Waals surface area contributed by atoms with Gasteiger partial charge in [0, 0.05) is 26.2 Å². The van der Waals surface area contributed by atoms with Crippen LogP contribution in [-0.4, -0.2) is 74.2 Å². The molecule has 0 aliphatic carbocycles. The van der Waals surface area contributed by atoms with Gasteiger partial charge in [0.05, 0.1) is 11.4 Å². The van der Waals surface area contributed by atoms with Crippen LogP contribution in [0.3, 0.4) is 0 Å². The lowest BCUT2D eigenvalue weighted by atomic mass is 10.2. The smallest absolute Gasteiger partial charge is 0.243 e. The molecule has 2 fully saturated rings. The number of sulfonamides is 1. The summed E-state index contributed by atoms with van der Waals surface area (Å²) in [6.45, 7) is 4.12. The van der Waals surface area contributed by atoms with Crippen LogP contribution in [0.25, 0.3) is 0 Å². The Morgan fingerprint density at radius 3 is 2.04 bits per heavy atom. The molecule has 2 aliphatic rings. The van der Waals surface area contributed by atoms with Crippen molar-refractivity contribution < 1.29 is 13.2 Å². The summed E-state index contributed by atoms with van der Waals surface area (Å²) in [6.07, 6.45) is 4.83. The first kappa shape index (κ1) is 18.4. The van der Waals surface area contributed by atoms with Crippen LogP contribution < -0.4 is 0 Å². The molecular formula is C18H27N3O3S. The SMILES string of the molecule is O=C(CN1CCCCCC1)N1CCN(S(=O)(=O)c2ccccc2)CC1. The summed E-state index contributed by atoms with van der Waals surface area (Å²) >= 11 is 0. The molecule has 7 heteroatoms. The van der Waals surface area contributed by atoms with Gasteiger partial charge in [-0.3, -0.25) is 9.69 Å². The number of carbonyl (C=O) groups is 1. The molecule has 25 heavy (non-hydrogen) atoms. The highest BCUT2D eigenvalue weighted by atomic mass is 32.2. The van der Waals surface area contributed by atoms with Gasteiger partial charge in [-0.1, -0.05) is 31.0 Å². The number of carbonyl (C=O) groups excluding carboxylic acids is 1. The van der Waals surface area contributed by atoms with Gasteiger partial charge in [0.2, 0.25) is 15.9 Å². The van der Waals surface area contributed by atoms with Gasteiger partial charge in [-0.05, 0) is 38.1 Å². The van der Waals surface area contributed by atoms with Crippen molar-refractivity contribution in [2.75, 3.05) is 45.8 Å². The summed E-state index contributed by atoms with van der Waals surface area (Å²) in [6, 6.07) is 8.50. The molecule has 0 N–H and O–H groups in total. The van der Waals surface area contributed by atoms with E-state index in [0.717, 1.165) is 25.9 Å². The Balaban J connectivity index is 1.53. The third kappa shape index (κ3) is 4.59. The standard InChI is InChI=1S/C18H27N3O3S/c22-18(16-19-10-6-1-2-7-11-19)20-12-14-21(15-13-20)25(23,24)17-8-4-3-5-9-17/h3-5,8-9H,1-2,6-7,10-16H2. The number of amides is 1. The minimum absolute atomic E-state index is 0.124. The fraction of sp³-hybridized carbons (Fsp3) is 0.611. The van der Waals surface area contributed by atoms with E-state index in [2.05, 4.69) is 4.90 Å². The van der Waals surface area contributed by atoms with E-state index in [1.165, 1.54) is 17.1 Å². The van der Waals surface area contributed by atoms with Crippen molar-refractivity contribution in [3.05, 3.63) is 30.3 Å². The molecule has 0 aromatic heterocycles. The number of hydrogen-bond donors (Lipinski definition) is 0. The maximum Gasteiger partial charge on any atom is 0.243 e. The molecule has 0 spiro atoms. The van der Waals surface area contributed by atoms with Gasteiger partial charge in [-0.25, -0.2) is 8.42 Å². The average molecular weight is 365 g/mol. The topological polar surface area (TPSA) is 60.9 Å². The minimum Gasteiger partial charge on any atom is -0.339 e. The number of likely N-dealkylation sites (tertiary alicyclic amines) is 1. The Morgan fingerprint density at radius 1 is 0.840 bits per heavy atom. The van der Waals surface area contributed by atoms with Crippen LogP contribution in [0.4, 0.5) is 0 Å². The van der Waals surface area contributed by atoms with Gasteiger partial charge in [-0.2, -0.15) is 4.31 Å². The highest BCUT2D eigenvalue weighted by Gasteiger charge is 2.30. The number of rotatable bonds is 4. The molecule has 138 valence electrons. The summed E-state index contributed by atoms with van der Waals surface area (Å²) < 4.78 is 26.8. The first-order valence-corrected chi connectivity index (χ1v) is 10.6. The summed E-state index contributed by atoms with van der Waals surface area (Å²) in [5, 5.41) is 0. The van der Waals surface area contributed by atoms with E-state index in [0.29, 0.717) is 37.6 Å². The first-order valence-electron chi connectivity index (χ1n) is 9.13. The zero-order chi connectivity index (χ0) is 17.7. The molecule has 0 atom stereocenters. The molecular weight excluding hydrogens is 338 g/mol. The van der Waals surface area contributed by atoms with Crippen molar-refractivity contribution in [3.8, 4) is 0 Å². The van der Waals surface area contributed by atoms with Crippen molar-refractivity contribution in [1.29, 1.82) is 0 Å². The monoisotopic (exact) mass is 365 g/mol. The Labute approximate surface area is 150 Å². The van der Waals surface area contributed by atoms with Gasteiger partial charge < -0.3 is 4.90 Å². The van der Waals surface area contributed by atoms with Gasteiger partial charge >= 0.3 is 0 Å². The lowest BCUT2D eigenvalue weighted by Crippen LogP contribution is -2.52. The average Bonchev–Trinajstić information content (AvgIpc) is 2.91. The van der Waals surface area contributed by atoms with Crippen molar-refractivity contribution in [2.24, 2.45) is 0 Å². The Morgan fingerprint density at radius 2 is 1.44 bits per heavy atom. The quantitative estimate of drug-likeness (QED) is 0.809. The van der Waals surface area contributed by atoms with E-state index in [4.69, 9.17) is 0 Å². The van der Waals surface area contributed by atoms with Crippen LogP contribution >= 0.6 is 0 Å². The largest absolute Gasteiger partial charge is 0.339 e. The van der Waals surface area contributed by atoms with Crippen LogP contribution in [0.1, 0.15) is 25.7 Å². The van der Waals surface area contributed by atoms with E-state index in [9.17, 15) is 13.2 Å². The van der Waals surface area contributed by atoms with E-state index in [1.807, 2.05) is 4.90 Å². The molecule has 1 aromatic rings. The fourth-order valence-corrected chi connectivity index (χ4v) is 4.95. The molecule has 2 heterocycles. The van der Waals surface area contributed by atoms with Crippen LogP contribution in [0, 0.1) is 0 Å². The van der Waals surface area contributed by atoms with Crippen LogP contribution in [0.5, 0.6) is 0 Å². The predicted molar refractivity (Wildman–Crippen MR) is 96.7 cm³/mol. The molecule has 1 amide bonds. The van der Waals surface area contributed by atoms with Gasteiger partial charge in [0.1, 0.15) is 0 Å². The van der Waals surface area contributed by atoms with Crippen molar-refractivity contribution >= 4 is 15.9 Å². The second kappa shape index (κ2) is 8.29. The van der Waals surface area contributed by atoms with E-state index in [-0.39, 0.29) is 5.91 Å². The Bertz CT molecular complexity index is 662. The maximum absolute atomic E-state index is 12.6. The highest BCUT2D eigenvalue weighted by Crippen LogP contribution is 2.17. The Hall–Kier alpha value is -1.44. The van der Waals surface area contributed by atoms with Crippen molar-refractivity contribution in [3.63, 3.8) is 0 Å². The zero-order valence-electron chi connectivity index (χ0n) is 14.6. The summed E-state index contributed by atoms with van der Waals surface area (Å²) in [4.78, 5) is 16.9. The van der Waals surface area contributed by atoms with Crippen molar-refractivity contribution in [2.45, 2.75) is 30.6 Å². The summed E-state index contributed by atoms with van der Waals surface area (Å²) in [5.74, 6) is 0.124. The normalized spacial score (nSPS) is 21.0. The van der Waals surface area contributed by atoms with Gasteiger partial charge in [0.15, 0.2) is 0 Å². The molecule has 0 radical (unpaired) electrons. The number of nitrogens with zero attached hydrogens (tertiary/aromatic N) is 3. The third-order valence-electron chi connectivity index (χ3n) is 5.03. The van der Waals surface area contributed by atoms with E-state index in [1.54, 1.807) is 30.3 Å². The molecule has 2 aliphatic heterocycles. The lowest BCUT2D eigenvalue weighted by molar-refractivity contribution is -0.133. The van der Waals surface area contributed by atoms with Crippen LogP contribution in [0.2, 0.25) is 0 Å². The third-order valence-corrected chi connectivity index (χ3v) is 6.94. The second-order valence-electron chi connectivity index (χ2n) is 6.79. The van der Waals surface area contributed by atoms with Crippen LogP contribution in [-0.2, 0) is 14.8 Å².